The lowest BCUT2D eigenvalue weighted by atomic mass is 10.1. The molecule has 2 rings (SSSR count). The summed E-state index contributed by atoms with van der Waals surface area (Å²) in [5.74, 6) is -1.65. The maximum Gasteiger partial charge on any atom is 0.335 e. The summed E-state index contributed by atoms with van der Waals surface area (Å²) in [6.45, 7) is 3.13. The topological polar surface area (TPSA) is 167 Å². The minimum Gasteiger partial charge on any atom is -0.478 e. The number of nitrogens with zero attached hydrogens (tertiary/aromatic N) is 2. The summed E-state index contributed by atoms with van der Waals surface area (Å²) in [5, 5.41) is 29.2. The summed E-state index contributed by atoms with van der Waals surface area (Å²) in [4.78, 5) is 40.8. The number of nitro benzene ring substituents is 2. The first-order chi connectivity index (χ1) is 12.0. The maximum atomic E-state index is 10.8. The molecule has 0 heterocycles. The van der Waals surface area contributed by atoms with Crippen LogP contribution < -0.4 is 5.73 Å². The number of aromatic carboxylic acids is 1. The molecule has 1 amide bonds. The van der Waals surface area contributed by atoms with E-state index in [1.807, 2.05) is 0 Å². The molecule has 0 aliphatic carbocycles. The second-order valence-electron chi connectivity index (χ2n) is 5.18. The number of primary amides is 1. The number of hydrogen-bond acceptors (Lipinski definition) is 6. The molecule has 0 unspecified atom stereocenters. The largest absolute Gasteiger partial charge is 0.478 e. The number of carbonyl (C=O) groups is 2. The number of rotatable bonds is 4. The van der Waals surface area contributed by atoms with Crippen molar-refractivity contribution in [1.82, 2.24) is 0 Å². The molecule has 0 saturated heterocycles. The van der Waals surface area contributed by atoms with Crippen molar-refractivity contribution in [3.63, 3.8) is 0 Å². The van der Waals surface area contributed by atoms with Crippen molar-refractivity contribution in [2.75, 3.05) is 0 Å². The van der Waals surface area contributed by atoms with Crippen LogP contribution in [0.25, 0.3) is 0 Å². The van der Waals surface area contributed by atoms with Crippen LogP contribution in [-0.4, -0.2) is 26.8 Å². The van der Waals surface area contributed by atoms with E-state index in [0.717, 1.165) is 0 Å². The predicted octanol–water partition coefficient (Wildman–Crippen LogP) is 3.88. The molecular weight excluding hydrogens is 370 g/mol. The van der Waals surface area contributed by atoms with Crippen molar-refractivity contribution in [2.24, 2.45) is 5.73 Å². The van der Waals surface area contributed by atoms with E-state index in [9.17, 15) is 29.8 Å². The van der Waals surface area contributed by atoms with Crippen molar-refractivity contribution in [3.05, 3.63) is 78.9 Å². The molecule has 0 aromatic heterocycles. The van der Waals surface area contributed by atoms with Gasteiger partial charge in [0.1, 0.15) is 0 Å². The van der Waals surface area contributed by atoms with Crippen LogP contribution in [0.4, 0.5) is 11.4 Å². The summed E-state index contributed by atoms with van der Waals surface area (Å²) in [6, 6.07) is 7.58. The zero-order valence-corrected chi connectivity index (χ0v) is 13.8. The van der Waals surface area contributed by atoms with Gasteiger partial charge in [-0.2, -0.15) is 0 Å². The Morgan fingerprint density at radius 1 is 0.857 bits per heavy atom. The van der Waals surface area contributed by atoms with Gasteiger partial charge in [0.05, 0.1) is 15.4 Å². The number of carboxylic acid groups (broad SMARTS) is 1. The van der Waals surface area contributed by atoms with Gasteiger partial charge in [0.2, 0.25) is 5.91 Å². The van der Waals surface area contributed by atoms with Gasteiger partial charge >= 0.3 is 5.97 Å². The van der Waals surface area contributed by atoms with Gasteiger partial charge in [-0.3, -0.25) is 25.0 Å². The first-order valence-electron chi connectivity index (χ1n) is 7.07. The van der Waals surface area contributed by atoms with Gasteiger partial charge in [-0.1, -0.05) is 14.9 Å². The average Bonchev–Trinajstić information content (AvgIpc) is 2.54. The first kappa shape index (κ1) is 26.4. The van der Waals surface area contributed by atoms with Crippen molar-refractivity contribution in [1.29, 1.82) is 0 Å². The fraction of sp³-hybridized carbons (Fsp3) is 0.222. The highest BCUT2D eigenvalue weighted by atomic mass is 16.6. The molecule has 2 aromatic rings. The van der Waals surface area contributed by atoms with E-state index in [0.29, 0.717) is 16.7 Å². The Balaban J connectivity index is 0. The van der Waals surface area contributed by atoms with E-state index in [1.165, 1.54) is 43.3 Å². The number of aryl methyl sites for hydroxylation is 2. The molecule has 0 aliphatic heterocycles. The molecule has 2 aromatic carbocycles. The molecule has 0 bridgehead atoms. The van der Waals surface area contributed by atoms with Crippen LogP contribution in [0, 0.1) is 34.1 Å². The molecule has 0 aliphatic rings. The average molecular weight is 393 g/mol. The van der Waals surface area contributed by atoms with Crippen LogP contribution in [0.5, 0.6) is 0 Å². The Morgan fingerprint density at radius 2 is 1.21 bits per heavy atom. The minimum absolute atomic E-state index is 0. The quantitative estimate of drug-likeness (QED) is 0.587. The van der Waals surface area contributed by atoms with E-state index in [1.54, 1.807) is 6.92 Å². The van der Waals surface area contributed by atoms with Gasteiger partial charge < -0.3 is 10.8 Å². The molecule has 3 N–H and O–H groups in total. The predicted molar refractivity (Wildman–Crippen MR) is 105 cm³/mol. The molecule has 10 nitrogen and oxygen atoms in total. The molecule has 0 saturated carbocycles. The Kier molecular flexibility index (Phi) is 10.4. The number of non-ortho nitro benzene ring substituents is 2. The fourth-order valence-electron chi connectivity index (χ4n) is 2.04. The van der Waals surface area contributed by atoms with Crippen LogP contribution >= 0.6 is 0 Å². The van der Waals surface area contributed by atoms with E-state index < -0.39 is 21.7 Å². The Bertz CT molecular complexity index is 821. The highest BCUT2D eigenvalue weighted by Crippen LogP contribution is 2.17. The molecular formula is C18H23N3O7. The molecule has 10 heteroatoms. The Morgan fingerprint density at radius 3 is 1.46 bits per heavy atom. The van der Waals surface area contributed by atoms with Crippen LogP contribution in [0.3, 0.4) is 0 Å². The number of nitro groups is 2. The first-order valence-corrected chi connectivity index (χ1v) is 7.07. The lowest BCUT2D eigenvalue weighted by Crippen LogP contribution is -2.12. The highest BCUT2D eigenvalue weighted by Gasteiger charge is 2.12. The Hall–Kier alpha value is -3.82. The number of benzene rings is 2. The van der Waals surface area contributed by atoms with E-state index in [4.69, 9.17) is 10.8 Å². The zero-order valence-electron chi connectivity index (χ0n) is 13.8. The molecule has 28 heavy (non-hydrogen) atoms. The van der Waals surface area contributed by atoms with Gasteiger partial charge in [0, 0.05) is 29.8 Å². The van der Waals surface area contributed by atoms with Crippen LogP contribution in [0.1, 0.15) is 46.7 Å². The van der Waals surface area contributed by atoms with Gasteiger partial charge in [-0.05, 0) is 37.1 Å². The summed E-state index contributed by atoms with van der Waals surface area (Å²) in [5.41, 5.74) is 6.20. The molecule has 0 spiro atoms. The summed E-state index contributed by atoms with van der Waals surface area (Å²) < 4.78 is 0. The lowest BCUT2D eigenvalue weighted by molar-refractivity contribution is -0.385. The SMILES string of the molecule is C.C.Cc1cc([N+](=O)[O-])ccc1C(=O)O.Cc1cc([N+](=O)[O-])ccc1C(N)=O. The number of carboxylic acids is 1. The second kappa shape index (κ2) is 11.0. The third-order valence-corrected chi connectivity index (χ3v) is 3.34. The van der Waals surface area contributed by atoms with E-state index in [2.05, 4.69) is 0 Å². The number of nitrogens with two attached hydrogens (primary N) is 1. The third-order valence-electron chi connectivity index (χ3n) is 3.34. The second-order valence-corrected chi connectivity index (χ2v) is 5.18. The molecule has 0 radical (unpaired) electrons. The minimum atomic E-state index is -1.08. The van der Waals surface area contributed by atoms with Gasteiger partial charge in [0.25, 0.3) is 11.4 Å². The van der Waals surface area contributed by atoms with Crippen LogP contribution in [0.15, 0.2) is 36.4 Å². The van der Waals surface area contributed by atoms with Crippen molar-refractivity contribution in [2.45, 2.75) is 28.7 Å². The van der Waals surface area contributed by atoms with Crippen molar-refractivity contribution in [3.8, 4) is 0 Å². The zero-order chi connectivity index (χ0) is 20.0. The van der Waals surface area contributed by atoms with Crippen molar-refractivity contribution < 1.29 is 24.5 Å². The lowest BCUT2D eigenvalue weighted by Gasteiger charge is -1.99. The third kappa shape index (κ3) is 6.83. The summed E-state index contributed by atoms with van der Waals surface area (Å²) in [6.07, 6.45) is 0. The number of carbonyl (C=O) groups excluding carboxylic acids is 1. The molecule has 0 fully saturated rings. The van der Waals surface area contributed by atoms with Crippen LogP contribution in [-0.2, 0) is 0 Å². The number of amides is 1. The molecule has 0 atom stereocenters. The molecule has 152 valence electrons. The van der Waals surface area contributed by atoms with E-state index >= 15 is 0 Å². The normalized spacial score (nSPS) is 8.93. The monoisotopic (exact) mass is 393 g/mol. The van der Waals surface area contributed by atoms with Crippen LogP contribution in [0.2, 0.25) is 0 Å². The smallest absolute Gasteiger partial charge is 0.335 e. The van der Waals surface area contributed by atoms with Gasteiger partial charge in [0.15, 0.2) is 0 Å². The van der Waals surface area contributed by atoms with Gasteiger partial charge in [-0.25, -0.2) is 4.79 Å². The standard InChI is InChI=1S/C8H8N2O3.C8H7NO4.2CH4/c1-5-4-6(10(12)13)2-3-7(5)8(9)11;1-5-4-6(9(12)13)2-3-7(5)8(10)11;;/h2-4H,1H3,(H2,9,11);2-4H,1H3,(H,10,11);2*1H4. The fourth-order valence-corrected chi connectivity index (χ4v) is 2.04. The summed E-state index contributed by atoms with van der Waals surface area (Å²) in [7, 11) is 0. The highest BCUT2D eigenvalue weighted by molar-refractivity contribution is 5.94. The van der Waals surface area contributed by atoms with Crippen molar-refractivity contribution >= 4 is 23.3 Å². The van der Waals surface area contributed by atoms with E-state index in [-0.39, 0.29) is 31.8 Å². The maximum absolute atomic E-state index is 10.8. The van der Waals surface area contributed by atoms with Gasteiger partial charge in [-0.15, -0.1) is 0 Å². The number of hydrogen-bond donors (Lipinski definition) is 2. The Labute approximate surface area is 161 Å². The summed E-state index contributed by atoms with van der Waals surface area (Å²) >= 11 is 0.